The van der Waals surface area contributed by atoms with Crippen LogP contribution in [0.4, 0.5) is 5.13 Å². The third-order valence-electron chi connectivity index (χ3n) is 6.35. The van der Waals surface area contributed by atoms with E-state index in [-0.39, 0.29) is 12.5 Å². The Morgan fingerprint density at radius 1 is 1.08 bits per heavy atom. The molecule has 2 N–H and O–H groups in total. The molecule has 4 aromatic rings. The summed E-state index contributed by atoms with van der Waals surface area (Å²) in [6.07, 6.45) is 3.06. The number of carbonyl (C=O) groups is 2. The van der Waals surface area contributed by atoms with Crippen LogP contribution in [0.15, 0.2) is 54.2 Å². The van der Waals surface area contributed by atoms with Crippen molar-refractivity contribution < 1.29 is 9.59 Å². The fraction of sp³-hybridized carbons (Fsp3) is 0.222. The average Bonchev–Trinajstić information content (AvgIpc) is 3.52. The Morgan fingerprint density at radius 3 is 2.68 bits per heavy atom. The number of rotatable bonds is 6. The number of nitrogens with one attached hydrogen (secondary N) is 2. The van der Waals surface area contributed by atoms with Crippen LogP contribution in [0.2, 0.25) is 0 Å². The monoisotopic (exact) mass is 509 g/mol. The Kier molecular flexibility index (Phi) is 6.46. The molecular formula is C27H23N7O2S. The van der Waals surface area contributed by atoms with Crippen molar-refractivity contribution in [1.29, 1.82) is 5.26 Å². The summed E-state index contributed by atoms with van der Waals surface area (Å²) in [7, 11) is 0. The lowest BCUT2D eigenvalue weighted by molar-refractivity contribution is -0.115. The van der Waals surface area contributed by atoms with Crippen molar-refractivity contribution in [2.45, 2.75) is 32.1 Å². The maximum absolute atomic E-state index is 12.7. The predicted molar refractivity (Wildman–Crippen MR) is 140 cm³/mol. The number of aryl methyl sites for hydroxylation is 2. The van der Waals surface area contributed by atoms with Gasteiger partial charge in [-0.05, 0) is 68.1 Å². The molecule has 9 nitrogen and oxygen atoms in total. The van der Waals surface area contributed by atoms with Crippen LogP contribution in [-0.4, -0.2) is 38.3 Å². The molecule has 5 rings (SSSR count). The Bertz CT molecular complexity index is 1560. The molecule has 3 heterocycles. The molecule has 3 aromatic heterocycles. The van der Waals surface area contributed by atoms with Crippen LogP contribution in [0.3, 0.4) is 0 Å². The van der Waals surface area contributed by atoms with Crippen LogP contribution in [0.5, 0.6) is 0 Å². The van der Waals surface area contributed by atoms with Gasteiger partial charge in [-0.15, -0.1) is 11.3 Å². The highest BCUT2D eigenvalue weighted by Crippen LogP contribution is 2.38. The number of nitrogens with zero attached hydrogens (tertiary/aromatic N) is 5. The van der Waals surface area contributed by atoms with Crippen molar-refractivity contribution in [2.24, 2.45) is 0 Å². The van der Waals surface area contributed by atoms with Crippen LogP contribution in [-0.2, 0) is 16.6 Å². The normalized spacial score (nSPS) is 16.0. The average molecular weight is 510 g/mol. The van der Waals surface area contributed by atoms with E-state index in [1.54, 1.807) is 12.1 Å². The van der Waals surface area contributed by atoms with Gasteiger partial charge in [-0.25, -0.2) is 19.9 Å². The summed E-state index contributed by atoms with van der Waals surface area (Å²) in [6.45, 7) is 3.57. The highest BCUT2D eigenvalue weighted by atomic mass is 32.1. The third-order valence-corrected chi connectivity index (χ3v) is 7.10. The second-order valence-corrected chi connectivity index (χ2v) is 9.90. The molecule has 0 saturated heterocycles. The molecule has 0 fully saturated rings. The van der Waals surface area contributed by atoms with Gasteiger partial charge in [0.05, 0.1) is 35.1 Å². The second kappa shape index (κ2) is 9.87. The fourth-order valence-corrected chi connectivity index (χ4v) is 4.99. The smallest absolute Gasteiger partial charge is 0.251 e. The number of fused-ring (bicyclic) bond motifs is 1. The number of amides is 2. The highest BCUT2D eigenvalue weighted by Gasteiger charge is 2.34. The molecule has 1 aliphatic rings. The summed E-state index contributed by atoms with van der Waals surface area (Å²) in [5.41, 5.74) is 5.35. The number of hydrogen-bond acceptors (Lipinski definition) is 8. The summed E-state index contributed by atoms with van der Waals surface area (Å²) >= 11 is 1.27. The van der Waals surface area contributed by atoms with E-state index >= 15 is 0 Å². The first kappa shape index (κ1) is 24.2. The zero-order valence-corrected chi connectivity index (χ0v) is 21.1. The maximum Gasteiger partial charge on any atom is 0.251 e. The first-order valence-electron chi connectivity index (χ1n) is 11.7. The number of thiazole rings is 1. The minimum atomic E-state index is -0.590. The highest BCUT2D eigenvalue weighted by molar-refractivity contribution is 7.14. The van der Waals surface area contributed by atoms with E-state index in [1.807, 2.05) is 49.6 Å². The third kappa shape index (κ3) is 5.08. The summed E-state index contributed by atoms with van der Waals surface area (Å²) < 4.78 is 0. The number of nitriles is 1. The van der Waals surface area contributed by atoms with E-state index < -0.39 is 11.3 Å². The zero-order valence-electron chi connectivity index (χ0n) is 20.3. The van der Waals surface area contributed by atoms with Gasteiger partial charge in [-0.3, -0.25) is 9.59 Å². The fourth-order valence-electron chi connectivity index (χ4n) is 4.27. The molecule has 0 spiro atoms. The van der Waals surface area contributed by atoms with Crippen molar-refractivity contribution in [3.05, 3.63) is 76.6 Å². The largest absolute Gasteiger partial charge is 0.343 e. The van der Waals surface area contributed by atoms with Gasteiger partial charge in [0.25, 0.3) is 5.91 Å². The number of benzene rings is 1. The number of hydrogen-bond donors (Lipinski definition) is 2. The van der Waals surface area contributed by atoms with Crippen molar-refractivity contribution >= 4 is 28.3 Å². The summed E-state index contributed by atoms with van der Waals surface area (Å²) in [5.74, 6) is -0.763. The minimum absolute atomic E-state index is 0.207. The van der Waals surface area contributed by atoms with E-state index in [1.165, 1.54) is 17.7 Å². The van der Waals surface area contributed by atoms with E-state index in [0.29, 0.717) is 27.8 Å². The number of anilines is 1. The molecule has 37 heavy (non-hydrogen) atoms. The molecule has 184 valence electrons. The molecule has 0 aliphatic heterocycles. The molecule has 1 aliphatic carbocycles. The van der Waals surface area contributed by atoms with Gasteiger partial charge in [0, 0.05) is 16.6 Å². The molecular weight excluding hydrogens is 486 g/mol. The SMILES string of the molecule is Cc1cc(-c2cccc(-c3csc(NC(=O)CNC(=O)c4ccc5c(c4)C(C)(C#N)CC5)n3)n2)ncn1. The first-order chi connectivity index (χ1) is 17.8. The van der Waals surface area contributed by atoms with Crippen molar-refractivity contribution in [3.8, 4) is 28.8 Å². The Balaban J connectivity index is 1.21. The van der Waals surface area contributed by atoms with E-state index in [0.717, 1.165) is 35.4 Å². The minimum Gasteiger partial charge on any atom is -0.343 e. The topological polar surface area (TPSA) is 134 Å². The van der Waals surface area contributed by atoms with Crippen LogP contribution in [0.25, 0.3) is 22.8 Å². The van der Waals surface area contributed by atoms with Gasteiger partial charge in [0.15, 0.2) is 5.13 Å². The number of aromatic nitrogens is 4. The lowest BCUT2D eigenvalue weighted by atomic mass is 9.85. The van der Waals surface area contributed by atoms with Gasteiger partial charge >= 0.3 is 0 Å². The lowest BCUT2D eigenvalue weighted by Crippen LogP contribution is -2.33. The van der Waals surface area contributed by atoms with E-state index in [9.17, 15) is 14.9 Å². The Labute approximate surface area is 217 Å². The maximum atomic E-state index is 12.7. The molecule has 1 atom stereocenters. The molecule has 1 unspecified atom stereocenters. The van der Waals surface area contributed by atoms with E-state index in [4.69, 9.17) is 0 Å². The molecule has 10 heteroatoms. The van der Waals surface area contributed by atoms with Crippen molar-refractivity contribution in [3.63, 3.8) is 0 Å². The summed E-state index contributed by atoms with van der Waals surface area (Å²) in [6, 6.07) is 15.2. The number of pyridine rings is 1. The molecule has 0 saturated carbocycles. The first-order valence-corrected chi connectivity index (χ1v) is 12.6. The zero-order chi connectivity index (χ0) is 26.0. The number of carbonyl (C=O) groups excluding carboxylic acids is 2. The Morgan fingerprint density at radius 2 is 1.89 bits per heavy atom. The predicted octanol–water partition coefficient (Wildman–Crippen LogP) is 4.07. The lowest BCUT2D eigenvalue weighted by Gasteiger charge is -2.16. The quantitative estimate of drug-likeness (QED) is 0.400. The molecule has 0 radical (unpaired) electrons. The second-order valence-electron chi connectivity index (χ2n) is 9.04. The van der Waals surface area contributed by atoms with Gasteiger partial charge in [0.1, 0.15) is 12.0 Å². The van der Waals surface area contributed by atoms with Crippen molar-refractivity contribution in [1.82, 2.24) is 25.3 Å². The van der Waals surface area contributed by atoms with Crippen molar-refractivity contribution in [2.75, 3.05) is 11.9 Å². The van der Waals surface area contributed by atoms with Crippen LogP contribution in [0.1, 0.15) is 40.5 Å². The van der Waals surface area contributed by atoms with Gasteiger partial charge < -0.3 is 10.6 Å². The molecule has 1 aromatic carbocycles. The van der Waals surface area contributed by atoms with Crippen LogP contribution in [0, 0.1) is 18.3 Å². The molecule has 2 amide bonds. The van der Waals surface area contributed by atoms with Crippen LogP contribution >= 0.6 is 11.3 Å². The van der Waals surface area contributed by atoms with Gasteiger partial charge in [0.2, 0.25) is 5.91 Å². The summed E-state index contributed by atoms with van der Waals surface area (Å²) in [4.78, 5) is 42.6. The standard InChI is InChI=1S/C27H23N7O2S/c1-16-10-22(31-15-30-16)20-4-3-5-21(32-20)23-13-37-26(33-23)34-24(35)12-29-25(36)18-7-6-17-8-9-27(2,14-28)19(17)11-18/h3-7,10-11,13,15H,8-9,12H2,1-2H3,(H,29,36)(H,33,34,35). The summed E-state index contributed by atoms with van der Waals surface area (Å²) in [5, 5.41) is 17.1. The van der Waals surface area contributed by atoms with Crippen LogP contribution < -0.4 is 10.6 Å². The molecule has 0 bridgehead atoms. The Hall–Kier alpha value is -4.49. The van der Waals surface area contributed by atoms with Gasteiger partial charge in [-0.2, -0.15) is 5.26 Å². The van der Waals surface area contributed by atoms with E-state index in [2.05, 4.69) is 36.6 Å². The van der Waals surface area contributed by atoms with Gasteiger partial charge in [-0.1, -0.05) is 12.1 Å².